The summed E-state index contributed by atoms with van der Waals surface area (Å²) in [6, 6.07) is 14.2. The van der Waals surface area contributed by atoms with Gasteiger partial charge in [-0.25, -0.2) is 9.97 Å². The maximum atomic E-state index is 12.4. The van der Waals surface area contributed by atoms with Crippen LogP contribution in [0.1, 0.15) is 23.4 Å². The number of benzene rings is 2. The monoisotopic (exact) mass is 378 g/mol. The van der Waals surface area contributed by atoms with Crippen molar-refractivity contribution in [2.45, 2.75) is 33.2 Å². The van der Waals surface area contributed by atoms with Crippen molar-refractivity contribution < 1.29 is 0 Å². The molecule has 2 aromatic carbocycles. The fourth-order valence-corrected chi connectivity index (χ4v) is 3.48. The van der Waals surface area contributed by atoms with E-state index in [4.69, 9.17) is 11.6 Å². The second-order valence-corrected chi connectivity index (χ2v) is 7.10. The first kappa shape index (κ1) is 17.6. The minimum atomic E-state index is -0.344. The van der Waals surface area contributed by atoms with E-state index in [1.807, 2.05) is 41.8 Å². The Hall–Kier alpha value is -2.79. The van der Waals surface area contributed by atoms with E-state index < -0.39 is 0 Å². The first-order valence-electron chi connectivity index (χ1n) is 8.92. The fourth-order valence-electron chi connectivity index (χ4n) is 3.32. The largest absolute Gasteiger partial charge is 0.322 e. The van der Waals surface area contributed by atoms with Crippen LogP contribution in [0.15, 0.2) is 47.3 Å². The Labute approximate surface area is 162 Å². The van der Waals surface area contributed by atoms with E-state index in [9.17, 15) is 4.79 Å². The molecule has 136 valence electrons. The number of hydrogen-bond acceptors (Lipinski definition) is 4. The lowest BCUT2D eigenvalue weighted by Crippen LogP contribution is -2.21. The lowest BCUT2D eigenvalue weighted by molar-refractivity contribution is 0.649. The van der Waals surface area contributed by atoms with Gasteiger partial charge in [-0.05, 0) is 49.9 Å². The Morgan fingerprint density at radius 3 is 2.59 bits per heavy atom. The standard InChI is InChI=1S/C21H19ClN4O/c1-13-11-17-18(12-16(13)22)26(10-6-9-15-7-4-3-5-8-15)20-19(25-17)21(27)24-14(2)23-20/h3-5,7-8,11-12H,6,9-10H2,1-2H3. The third-order valence-electron chi connectivity index (χ3n) is 4.67. The molecule has 0 saturated heterocycles. The van der Waals surface area contributed by atoms with E-state index in [0.29, 0.717) is 28.9 Å². The van der Waals surface area contributed by atoms with Crippen LogP contribution < -0.4 is 5.56 Å². The average Bonchev–Trinajstić information content (AvgIpc) is 2.64. The smallest absolute Gasteiger partial charge is 0.301 e. The predicted molar refractivity (Wildman–Crippen MR) is 107 cm³/mol. The normalized spacial score (nSPS) is 11.4. The number of aryl methyl sites for hydroxylation is 4. The van der Waals surface area contributed by atoms with Gasteiger partial charge in [0.15, 0.2) is 11.5 Å². The zero-order chi connectivity index (χ0) is 19.0. The number of rotatable bonds is 4. The van der Waals surface area contributed by atoms with Gasteiger partial charge in [0.25, 0.3) is 0 Å². The molecule has 0 spiro atoms. The summed E-state index contributed by atoms with van der Waals surface area (Å²) in [5, 5.41) is 0.675. The lowest BCUT2D eigenvalue weighted by atomic mass is 10.1. The molecule has 0 N–H and O–H groups in total. The molecule has 0 saturated carbocycles. The molecule has 4 rings (SSSR count). The summed E-state index contributed by atoms with van der Waals surface area (Å²) in [5.74, 6) is 1.01. The quantitative estimate of drug-likeness (QED) is 0.499. The molecule has 0 amide bonds. The van der Waals surface area contributed by atoms with Gasteiger partial charge in [0, 0.05) is 11.6 Å². The van der Waals surface area contributed by atoms with Gasteiger partial charge in [-0.15, -0.1) is 0 Å². The Morgan fingerprint density at radius 2 is 1.81 bits per heavy atom. The van der Waals surface area contributed by atoms with Crippen LogP contribution in [0, 0.1) is 13.8 Å². The summed E-state index contributed by atoms with van der Waals surface area (Å²) in [7, 11) is 0. The third-order valence-corrected chi connectivity index (χ3v) is 5.08. The third kappa shape index (κ3) is 3.43. The van der Waals surface area contributed by atoms with E-state index >= 15 is 0 Å². The highest BCUT2D eigenvalue weighted by atomic mass is 35.5. The van der Waals surface area contributed by atoms with Crippen LogP contribution >= 0.6 is 11.6 Å². The molecule has 0 fully saturated rings. The summed E-state index contributed by atoms with van der Waals surface area (Å²) in [4.78, 5) is 25.4. The molecule has 2 aliphatic rings. The molecule has 6 heteroatoms. The summed E-state index contributed by atoms with van der Waals surface area (Å²) in [6.07, 6.45) is 1.85. The van der Waals surface area contributed by atoms with Gasteiger partial charge in [0.1, 0.15) is 5.82 Å². The van der Waals surface area contributed by atoms with E-state index in [1.165, 1.54) is 5.56 Å². The van der Waals surface area contributed by atoms with Crippen LogP contribution in [0.25, 0.3) is 22.6 Å². The van der Waals surface area contributed by atoms with Gasteiger partial charge < -0.3 is 4.57 Å². The first-order chi connectivity index (χ1) is 13.0. The molecule has 0 atom stereocenters. The molecule has 0 aromatic heterocycles. The van der Waals surface area contributed by atoms with Crippen molar-refractivity contribution in [1.82, 2.24) is 19.5 Å². The molecule has 0 bridgehead atoms. The highest BCUT2D eigenvalue weighted by molar-refractivity contribution is 6.32. The predicted octanol–water partition coefficient (Wildman–Crippen LogP) is 4.19. The molecule has 27 heavy (non-hydrogen) atoms. The fraction of sp³-hybridized carbons (Fsp3) is 0.238. The molecular formula is C21H19ClN4O. The maximum absolute atomic E-state index is 12.4. The van der Waals surface area contributed by atoms with Crippen LogP contribution in [-0.2, 0) is 13.0 Å². The zero-order valence-corrected chi connectivity index (χ0v) is 16.0. The summed E-state index contributed by atoms with van der Waals surface area (Å²) in [6.45, 7) is 4.36. The van der Waals surface area contributed by atoms with E-state index in [2.05, 4.69) is 27.1 Å². The Kier molecular flexibility index (Phi) is 4.62. The highest BCUT2D eigenvalue weighted by Crippen LogP contribution is 2.27. The van der Waals surface area contributed by atoms with Gasteiger partial charge in [-0.3, -0.25) is 4.79 Å². The average molecular weight is 379 g/mol. The molecule has 5 nitrogen and oxygen atoms in total. The topological polar surface area (TPSA) is 60.7 Å². The maximum Gasteiger partial charge on any atom is 0.301 e. The van der Waals surface area contributed by atoms with Crippen molar-refractivity contribution in [3.05, 3.63) is 74.8 Å². The molecule has 2 aliphatic heterocycles. The molecule has 2 heterocycles. The minimum absolute atomic E-state index is 0.300. The lowest BCUT2D eigenvalue weighted by Gasteiger charge is -2.18. The second kappa shape index (κ2) is 7.08. The number of aromatic nitrogens is 4. The number of halogens is 1. The Balaban J connectivity index is 1.84. The summed E-state index contributed by atoms with van der Waals surface area (Å²) < 4.78 is 2.04. The van der Waals surface area contributed by atoms with E-state index in [-0.39, 0.29) is 5.56 Å². The van der Waals surface area contributed by atoms with Gasteiger partial charge >= 0.3 is 5.56 Å². The van der Waals surface area contributed by atoms with Crippen LogP contribution in [0.2, 0.25) is 5.02 Å². The van der Waals surface area contributed by atoms with Crippen molar-refractivity contribution in [3.8, 4) is 11.5 Å². The van der Waals surface area contributed by atoms with Crippen molar-refractivity contribution in [2.75, 3.05) is 0 Å². The molecule has 0 unspecified atom stereocenters. The number of nitrogens with zero attached hydrogens (tertiary/aromatic N) is 4. The molecule has 0 aliphatic carbocycles. The van der Waals surface area contributed by atoms with Crippen molar-refractivity contribution in [2.24, 2.45) is 0 Å². The zero-order valence-electron chi connectivity index (χ0n) is 15.2. The summed E-state index contributed by atoms with van der Waals surface area (Å²) in [5.41, 5.74) is 3.77. The minimum Gasteiger partial charge on any atom is -0.322 e. The Bertz CT molecular complexity index is 1150. The number of fused-ring (bicyclic) bond motifs is 2. The second-order valence-electron chi connectivity index (χ2n) is 6.69. The van der Waals surface area contributed by atoms with Gasteiger partial charge in [-0.2, -0.15) is 4.98 Å². The highest BCUT2D eigenvalue weighted by Gasteiger charge is 2.19. The molecular weight excluding hydrogens is 360 g/mol. The molecule has 0 radical (unpaired) electrons. The van der Waals surface area contributed by atoms with Crippen molar-refractivity contribution in [3.63, 3.8) is 0 Å². The van der Waals surface area contributed by atoms with Gasteiger partial charge in [0.05, 0.1) is 11.0 Å². The SMILES string of the molecule is Cc1nc2n(CCCc3ccccc3)c3cc(Cl)c(C)cc3nc-2c(=O)n1. The van der Waals surface area contributed by atoms with Crippen molar-refractivity contribution in [1.29, 1.82) is 0 Å². The summed E-state index contributed by atoms with van der Waals surface area (Å²) >= 11 is 6.37. The van der Waals surface area contributed by atoms with E-state index in [0.717, 1.165) is 29.4 Å². The molecule has 2 aromatic rings. The Morgan fingerprint density at radius 1 is 1.04 bits per heavy atom. The van der Waals surface area contributed by atoms with Crippen LogP contribution in [0.5, 0.6) is 0 Å². The number of hydrogen-bond donors (Lipinski definition) is 0. The van der Waals surface area contributed by atoms with Crippen LogP contribution in [-0.4, -0.2) is 19.5 Å². The van der Waals surface area contributed by atoms with Crippen LogP contribution in [0.4, 0.5) is 0 Å². The van der Waals surface area contributed by atoms with Crippen LogP contribution in [0.3, 0.4) is 0 Å². The van der Waals surface area contributed by atoms with Gasteiger partial charge in [0.2, 0.25) is 0 Å². The van der Waals surface area contributed by atoms with Crippen molar-refractivity contribution >= 4 is 22.6 Å². The van der Waals surface area contributed by atoms with E-state index in [1.54, 1.807) is 6.92 Å². The van der Waals surface area contributed by atoms with Gasteiger partial charge in [-0.1, -0.05) is 41.9 Å². The first-order valence-corrected chi connectivity index (χ1v) is 9.30.